The van der Waals surface area contributed by atoms with Gasteiger partial charge in [0.1, 0.15) is 5.76 Å². The maximum Gasteiger partial charge on any atom is 0.120 e. The van der Waals surface area contributed by atoms with Crippen LogP contribution in [0.2, 0.25) is 0 Å². The van der Waals surface area contributed by atoms with Crippen molar-refractivity contribution in [2.24, 2.45) is 5.73 Å². The minimum Gasteiger partial charge on any atom is -0.468 e. The lowest BCUT2D eigenvalue weighted by Gasteiger charge is -2.39. The maximum atomic E-state index is 5.48. The zero-order valence-corrected chi connectivity index (χ0v) is 7.07. The maximum absolute atomic E-state index is 5.48. The molecular formula is C9H14N2O. The fourth-order valence-corrected chi connectivity index (χ4v) is 1.68. The smallest absolute Gasteiger partial charge is 0.120 e. The molecular weight excluding hydrogens is 152 g/mol. The van der Waals surface area contributed by atoms with Crippen LogP contribution in [0.5, 0.6) is 0 Å². The van der Waals surface area contributed by atoms with Gasteiger partial charge in [-0.25, -0.2) is 0 Å². The fraction of sp³-hybridized carbons (Fsp3) is 0.556. The topological polar surface area (TPSA) is 42.4 Å². The molecule has 1 fully saturated rings. The van der Waals surface area contributed by atoms with Crippen LogP contribution in [0.4, 0.5) is 0 Å². The summed E-state index contributed by atoms with van der Waals surface area (Å²) in [5.41, 5.74) is 5.48. The molecule has 3 nitrogen and oxygen atoms in total. The van der Waals surface area contributed by atoms with Gasteiger partial charge in [0.05, 0.1) is 12.3 Å². The summed E-state index contributed by atoms with van der Waals surface area (Å²) in [7, 11) is 0. The molecule has 1 saturated heterocycles. The Bertz CT molecular complexity index is 233. The van der Waals surface area contributed by atoms with E-state index in [1.165, 1.54) is 6.42 Å². The number of nitrogens with zero attached hydrogens (tertiary/aromatic N) is 1. The highest BCUT2D eigenvalue weighted by Crippen LogP contribution is 2.32. The summed E-state index contributed by atoms with van der Waals surface area (Å²) in [5.74, 6) is 1.08. The van der Waals surface area contributed by atoms with Crippen LogP contribution in [-0.4, -0.2) is 24.5 Å². The predicted octanol–water partition coefficient (Wildman–Crippen LogP) is 0.985. The van der Waals surface area contributed by atoms with E-state index < -0.39 is 0 Å². The van der Waals surface area contributed by atoms with Crippen molar-refractivity contribution in [3.05, 3.63) is 24.2 Å². The molecule has 1 atom stereocenters. The van der Waals surface area contributed by atoms with E-state index in [0.29, 0.717) is 6.04 Å². The third-order valence-corrected chi connectivity index (χ3v) is 2.42. The van der Waals surface area contributed by atoms with Crippen molar-refractivity contribution in [1.82, 2.24) is 4.90 Å². The fourth-order valence-electron chi connectivity index (χ4n) is 1.68. The highest BCUT2D eigenvalue weighted by molar-refractivity contribution is 5.08. The quantitative estimate of drug-likeness (QED) is 0.728. The van der Waals surface area contributed by atoms with Crippen molar-refractivity contribution in [1.29, 1.82) is 0 Å². The second-order valence-corrected chi connectivity index (χ2v) is 3.14. The Morgan fingerprint density at radius 1 is 1.67 bits per heavy atom. The second kappa shape index (κ2) is 3.29. The van der Waals surface area contributed by atoms with E-state index in [-0.39, 0.29) is 0 Å². The zero-order valence-electron chi connectivity index (χ0n) is 7.07. The summed E-state index contributed by atoms with van der Waals surface area (Å²) in [6.07, 6.45) is 2.93. The van der Waals surface area contributed by atoms with Crippen LogP contribution < -0.4 is 5.73 Å². The predicted molar refractivity (Wildman–Crippen MR) is 46.7 cm³/mol. The molecule has 66 valence electrons. The van der Waals surface area contributed by atoms with Crippen LogP contribution >= 0.6 is 0 Å². The van der Waals surface area contributed by atoms with Gasteiger partial charge in [0.2, 0.25) is 0 Å². The van der Waals surface area contributed by atoms with Gasteiger partial charge in [0.15, 0.2) is 0 Å². The van der Waals surface area contributed by atoms with Crippen molar-refractivity contribution in [2.75, 3.05) is 19.6 Å². The number of likely N-dealkylation sites (tertiary alicyclic amines) is 1. The number of furan rings is 1. The van der Waals surface area contributed by atoms with Crippen molar-refractivity contribution in [2.45, 2.75) is 12.5 Å². The van der Waals surface area contributed by atoms with Crippen molar-refractivity contribution < 1.29 is 4.42 Å². The molecule has 3 heteroatoms. The monoisotopic (exact) mass is 166 g/mol. The van der Waals surface area contributed by atoms with E-state index in [1.54, 1.807) is 6.26 Å². The molecule has 0 spiro atoms. The van der Waals surface area contributed by atoms with Gasteiger partial charge >= 0.3 is 0 Å². The summed E-state index contributed by atoms with van der Waals surface area (Å²) >= 11 is 0. The lowest BCUT2D eigenvalue weighted by Crippen LogP contribution is -2.43. The van der Waals surface area contributed by atoms with Crippen LogP contribution in [-0.2, 0) is 0 Å². The van der Waals surface area contributed by atoms with Gasteiger partial charge in [-0.2, -0.15) is 0 Å². The van der Waals surface area contributed by atoms with Crippen LogP contribution in [0, 0.1) is 0 Å². The molecule has 2 N–H and O–H groups in total. The van der Waals surface area contributed by atoms with Crippen LogP contribution in [0.1, 0.15) is 18.2 Å². The number of hydrogen-bond donors (Lipinski definition) is 1. The number of hydrogen-bond acceptors (Lipinski definition) is 3. The summed E-state index contributed by atoms with van der Waals surface area (Å²) < 4.78 is 5.33. The Balaban J connectivity index is 1.97. The molecule has 0 aromatic carbocycles. The van der Waals surface area contributed by atoms with E-state index in [9.17, 15) is 0 Å². The average Bonchev–Trinajstić information content (AvgIpc) is 2.51. The molecule has 2 rings (SSSR count). The lowest BCUT2D eigenvalue weighted by atomic mass is 10.0. The Hall–Kier alpha value is -0.800. The van der Waals surface area contributed by atoms with E-state index in [4.69, 9.17) is 10.2 Å². The number of nitrogens with two attached hydrogens (primary N) is 1. The molecule has 1 aliphatic rings. The first-order valence-electron chi connectivity index (χ1n) is 4.39. The Labute approximate surface area is 72.1 Å². The molecule has 1 aromatic heterocycles. The van der Waals surface area contributed by atoms with Crippen LogP contribution in [0.25, 0.3) is 0 Å². The van der Waals surface area contributed by atoms with Gasteiger partial charge in [-0.1, -0.05) is 0 Å². The van der Waals surface area contributed by atoms with Crippen molar-refractivity contribution in [3.63, 3.8) is 0 Å². The molecule has 0 bridgehead atoms. The zero-order chi connectivity index (χ0) is 8.39. The summed E-state index contributed by atoms with van der Waals surface area (Å²) in [6, 6.07) is 4.46. The number of rotatable bonds is 3. The molecule has 1 aliphatic heterocycles. The van der Waals surface area contributed by atoms with Gasteiger partial charge in [-0.15, -0.1) is 0 Å². The molecule has 1 unspecified atom stereocenters. The van der Waals surface area contributed by atoms with Crippen LogP contribution in [0.3, 0.4) is 0 Å². The first kappa shape index (κ1) is 7.83. The highest BCUT2D eigenvalue weighted by atomic mass is 16.3. The SMILES string of the molecule is NCCN1CCC1c1ccco1. The lowest BCUT2D eigenvalue weighted by molar-refractivity contribution is 0.0773. The Morgan fingerprint density at radius 3 is 3.08 bits per heavy atom. The van der Waals surface area contributed by atoms with E-state index >= 15 is 0 Å². The second-order valence-electron chi connectivity index (χ2n) is 3.14. The average molecular weight is 166 g/mol. The minimum atomic E-state index is 0.489. The van der Waals surface area contributed by atoms with Gasteiger partial charge in [-0.05, 0) is 18.6 Å². The normalized spacial score (nSPS) is 23.9. The van der Waals surface area contributed by atoms with E-state index in [2.05, 4.69) is 4.90 Å². The van der Waals surface area contributed by atoms with Crippen LogP contribution in [0.15, 0.2) is 22.8 Å². The summed E-state index contributed by atoms with van der Waals surface area (Å²) in [6.45, 7) is 2.87. The Morgan fingerprint density at radius 2 is 2.58 bits per heavy atom. The standard InChI is InChI=1S/C9H14N2O/c10-4-6-11-5-3-8(11)9-2-1-7-12-9/h1-2,7-8H,3-6,10H2. The van der Waals surface area contributed by atoms with Crippen molar-refractivity contribution in [3.8, 4) is 0 Å². The van der Waals surface area contributed by atoms with Gasteiger partial charge in [0.25, 0.3) is 0 Å². The largest absolute Gasteiger partial charge is 0.468 e. The molecule has 2 heterocycles. The summed E-state index contributed by atoms with van der Waals surface area (Å²) in [5, 5.41) is 0. The molecule has 12 heavy (non-hydrogen) atoms. The Kier molecular flexibility index (Phi) is 2.15. The minimum absolute atomic E-state index is 0.489. The van der Waals surface area contributed by atoms with Gasteiger partial charge < -0.3 is 10.2 Å². The van der Waals surface area contributed by atoms with Gasteiger partial charge in [0, 0.05) is 19.6 Å². The third kappa shape index (κ3) is 1.26. The van der Waals surface area contributed by atoms with Crippen molar-refractivity contribution >= 4 is 0 Å². The third-order valence-electron chi connectivity index (χ3n) is 2.42. The first-order chi connectivity index (χ1) is 5.92. The molecule has 1 aromatic rings. The first-order valence-corrected chi connectivity index (χ1v) is 4.39. The van der Waals surface area contributed by atoms with Gasteiger partial charge in [-0.3, -0.25) is 4.90 Å². The molecule has 0 aliphatic carbocycles. The van der Waals surface area contributed by atoms with E-state index in [0.717, 1.165) is 25.4 Å². The molecule has 0 saturated carbocycles. The highest BCUT2D eigenvalue weighted by Gasteiger charge is 2.30. The molecule has 0 amide bonds. The molecule has 0 radical (unpaired) electrons. The van der Waals surface area contributed by atoms with E-state index in [1.807, 2.05) is 12.1 Å². The summed E-state index contributed by atoms with van der Waals surface area (Å²) in [4.78, 5) is 2.35.